The number of nitrogens with two attached hydrogens (primary N) is 5. The minimum atomic E-state index is -1.18. The largest absolute Gasteiger partial charge is 0.480 e. The normalized spacial score (nSPS) is 13.9. The number of carbonyl (C=O) groups is 5. The average molecular weight is 588 g/mol. The second kappa shape index (κ2) is 23.8. The van der Waals surface area contributed by atoms with E-state index in [4.69, 9.17) is 28.7 Å². The van der Waals surface area contributed by atoms with Gasteiger partial charge in [-0.1, -0.05) is 6.42 Å². The Morgan fingerprint density at radius 2 is 0.951 bits per heavy atom. The first-order valence-electron chi connectivity index (χ1n) is 14.6. The van der Waals surface area contributed by atoms with E-state index in [1.165, 1.54) is 0 Å². The van der Waals surface area contributed by atoms with Gasteiger partial charge < -0.3 is 55.0 Å². The Hall–Kier alpha value is -2.85. The third-order valence-corrected chi connectivity index (χ3v) is 6.47. The van der Waals surface area contributed by atoms with Crippen molar-refractivity contribution < 1.29 is 29.1 Å². The number of nitrogens with one attached hydrogen (secondary N) is 4. The van der Waals surface area contributed by atoms with Gasteiger partial charge in [0.2, 0.25) is 23.6 Å². The molecule has 0 bridgehead atoms. The minimum Gasteiger partial charge on any atom is -0.480 e. The summed E-state index contributed by atoms with van der Waals surface area (Å²) in [5, 5.41) is 19.7. The Balaban J connectivity index is 5.20. The van der Waals surface area contributed by atoms with E-state index in [1.54, 1.807) is 0 Å². The molecule has 0 fully saturated rings. The Kier molecular flexibility index (Phi) is 22.2. The van der Waals surface area contributed by atoms with Crippen LogP contribution in [0.15, 0.2) is 0 Å². The van der Waals surface area contributed by atoms with Crippen molar-refractivity contribution in [3.05, 3.63) is 0 Å². The van der Waals surface area contributed by atoms with Gasteiger partial charge >= 0.3 is 5.97 Å². The van der Waals surface area contributed by atoms with Gasteiger partial charge in [-0.25, -0.2) is 4.79 Å². The number of unbranched alkanes of at least 4 members (excludes halogenated alkanes) is 4. The smallest absolute Gasteiger partial charge is 0.326 e. The van der Waals surface area contributed by atoms with Crippen molar-refractivity contribution in [1.29, 1.82) is 0 Å². The van der Waals surface area contributed by atoms with Gasteiger partial charge in [0.15, 0.2) is 0 Å². The summed E-state index contributed by atoms with van der Waals surface area (Å²) in [5.74, 6) is -3.52. The molecule has 15 N–H and O–H groups in total. The molecule has 0 spiro atoms. The molecular weight excluding hydrogens is 534 g/mol. The van der Waals surface area contributed by atoms with Crippen LogP contribution in [0, 0.1) is 0 Å². The number of hydrogen-bond acceptors (Lipinski definition) is 10. The molecule has 15 nitrogen and oxygen atoms in total. The molecular formula is C26H53N9O6. The van der Waals surface area contributed by atoms with Crippen LogP contribution in [0.4, 0.5) is 0 Å². The van der Waals surface area contributed by atoms with E-state index in [2.05, 4.69) is 21.3 Å². The topological polar surface area (TPSA) is 284 Å². The lowest BCUT2D eigenvalue weighted by molar-refractivity contribution is -0.142. The van der Waals surface area contributed by atoms with E-state index in [1.807, 2.05) is 0 Å². The summed E-state index contributed by atoms with van der Waals surface area (Å²) in [7, 11) is 0. The summed E-state index contributed by atoms with van der Waals surface area (Å²) in [6, 6.07) is -3.86. The first-order chi connectivity index (χ1) is 19.6. The highest BCUT2D eigenvalue weighted by Gasteiger charge is 2.27. The molecule has 0 aliphatic rings. The molecule has 0 saturated heterocycles. The fourth-order valence-electron chi connectivity index (χ4n) is 4.00. The SMILES string of the molecule is NCCCC[C@H](NC(=O)[C@H](CCCCN)NC(=O)CNC(=O)[C@H](CCCCN)NC(=O)[C@@H](N)CCCCN)C(=O)O. The van der Waals surface area contributed by atoms with Crippen LogP contribution in [0.3, 0.4) is 0 Å². The molecule has 0 radical (unpaired) electrons. The second-order valence-corrected chi connectivity index (χ2v) is 10.0. The highest BCUT2D eigenvalue weighted by atomic mass is 16.4. The Morgan fingerprint density at radius 3 is 1.41 bits per heavy atom. The molecule has 0 rings (SSSR count). The standard InChI is InChI=1S/C26H53N9O6/c27-13-5-1-9-18(31)23(37)34-19(10-2-6-14-28)24(38)32-17-22(36)33-20(11-3-7-15-29)25(39)35-21(26(40)41)12-4-8-16-30/h18-21H,1-17,27-31H2,(H,32,38)(H,33,36)(H,34,37)(H,35,39)(H,40,41)/t18-,19-,20-,21-/m0/s1. The van der Waals surface area contributed by atoms with Crippen molar-refractivity contribution in [3.63, 3.8) is 0 Å². The summed E-state index contributed by atoms with van der Waals surface area (Å²) in [5.41, 5.74) is 28.0. The van der Waals surface area contributed by atoms with Crippen LogP contribution in [-0.4, -0.2) is 91.6 Å². The number of aliphatic carboxylic acids is 1. The molecule has 0 aliphatic carbocycles. The number of carboxylic acids is 1. The maximum absolute atomic E-state index is 12.9. The number of amides is 4. The van der Waals surface area contributed by atoms with Crippen molar-refractivity contribution in [2.75, 3.05) is 32.7 Å². The molecule has 41 heavy (non-hydrogen) atoms. The zero-order valence-corrected chi connectivity index (χ0v) is 24.2. The lowest BCUT2D eigenvalue weighted by Gasteiger charge is -2.23. The predicted octanol–water partition coefficient (Wildman–Crippen LogP) is -2.52. The highest BCUT2D eigenvalue weighted by molar-refractivity contribution is 5.94. The predicted molar refractivity (Wildman–Crippen MR) is 156 cm³/mol. The van der Waals surface area contributed by atoms with E-state index in [0.717, 1.165) is 6.42 Å². The monoisotopic (exact) mass is 587 g/mol. The first kappa shape index (κ1) is 38.1. The lowest BCUT2D eigenvalue weighted by atomic mass is 10.1. The molecule has 4 atom stereocenters. The minimum absolute atomic E-state index is 0.200. The first-order valence-corrected chi connectivity index (χ1v) is 14.6. The molecule has 0 saturated carbocycles. The average Bonchev–Trinajstić information content (AvgIpc) is 2.94. The Morgan fingerprint density at radius 1 is 0.537 bits per heavy atom. The molecule has 0 heterocycles. The summed E-state index contributed by atoms with van der Waals surface area (Å²) < 4.78 is 0. The molecule has 0 aromatic rings. The fraction of sp³-hybridized carbons (Fsp3) is 0.808. The molecule has 4 amide bonds. The summed E-state index contributed by atoms with van der Waals surface area (Å²) in [6.45, 7) is 1.26. The fourth-order valence-corrected chi connectivity index (χ4v) is 4.00. The lowest BCUT2D eigenvalue weighted by Crippen LogP contribution is -2.55. The van der Waals surface area contributed by atoms with Crippen molar-refractivity contribution in [3.8, 4) is 0 Å². The van der Waals surface area contributed by atoms with E-state index in [-0.39, 0.29) is 12.8 Å². The molecule has 0 unspecified atom stereocenters. The number of rotatable bonds is 25. The Labute approximate surface area is 242 Å². The van der Waals surface area contributed by atoms with Gasteiger partial charge in [0.1, 0.15) is 18.1 Å². The Bertz CT molecular complexity index is 787. The molecule has 238 valence electrons. The van der Waals surface area contributed by atoms with Crippen LogP contribution in [-0.2, 0) is 24.0 Å². The number of carbonyl (C=O) groups excluding carboxylic acids is 4. The second-order valence-electron chi connectivity index (χ2n) is 10.0. The van der Waals surface area contributed by atoms with Gasteiger partial charge in [-0.05, 0) is 96.8 Å². The maximum atomic E-state index is 12.9. The summed E-state index contributed by atoms with van der Waals surface area (Å²) in [4.78, 5) is 62.6. The van der Waals surface area contributed by atoms with Crippen LogP contribution in [0.25, 0.3) is 0 Å². The molecule has 0 aromatic carbocycles. The van der Waals surface area contributed by atoms with Crippen molar-refractivity contribution in [1.82, 2.24) is 21.3 Å². The third-order valence-electron chi connectivity index (χ3n) is 6.47. The maximum Gasteiger partial charge on any atom is 0.326 e. The van der Waals surface area contributed by atoms with E-state index >= 15 is 0 Å². The molecule has 15 heteroatoms. The number of carboxylic acid groups (broad SMARTS) is 1. The summed E-state index contributed by atoms with van der Waals surface area (Å²) >= 11 is 0. The van der Waals surface area contributed by atoms with Gasteiger partial charge in [-0.3, -0.25) is 19.2 Å². The molecule has 0 aromatic heterocycles. The number of hydrogen-bond donors (Lipinski definition) is 10. The van der Waals surface area contributed by atoms with Gasteiger partial charge in [0, 0.05) is 0 Å². The van der Waals surface area contributed by atoms with Gasteiger partial charge in [-0.2, -0.15) is 0 Å². The third kappa shape index (κ3) is 18.3. The van der Waals surface area contributed by atoms with Crippen molar-refractivity contribution >= 4 is 29.6 Å². The van der Waals surface area contributed by atoms with Crippen LogP contribution in [0.5, 0.6) is 0 Å². The van der Waals surface area contributed by atoms with Crippen LogP contribution >= 0.6 is 0 Å². The van der Waals surface area contributed by atoms with Crippen LogP contribution < -0.4 is 49.9 Å². The highest BCUT2D eigenvalue weighted by Crippen LogP contribution is 2.06. The van der Waals surface area contributed by atoms with Gasteiger partial charge in [0.25, 0.3) is 0 Å². The van der Waals surface area contributed by atoms with Crippen LogP contribution in [0.2, 0.25) is 0 Å². The zero-order chi connectivity index (χ0) is 31.0. The van der Waals surface area contributed by atoms with Crippen molar-refractivity contribution in [2.45, 2.75) is 101 Å². The summed E-state index contributed by atoms with van der Waals surface area (Å²) in [6.07, 6.45) is 6.04. The van der Waals surface area contributed by atoms with Gasteiger partial charge in [-0.15, -0.1) is 0 Å². The molecule has 0 aliphatic heterocycles. The quantitative estimate of drug-likeness (QED) is 0.0497. The zero-order valence-electron chi connectivity index (χ0n) is 24.2. The van der Waals surface area contributed by atoms with E-state index in [9.17, 15) is 29.1 Å². The van der Waals surface area contributed by atoms with Crippen molar-refractivity contribution in [2.24, 2.45) is 28.7 Å². The van der Waals surface area contributed by atoms with E-state index in [0.29, 0.717) is 84.0 Å². The van der Waals surface area contributed by atoms with Gasteiger partial charge in [0.05, 0.1) is 12.6 Å². The van der Waals surface area contributed by atoms with Crippen LogP contribution in [0.1, 0.15) is 77.0 Å². The van der Waals surface area contributed by atoms with E-state index < -0.39 is 60.3 Å².